The molecular formula is C18H13Cl3N2O3S. The Balaban J connectivity index is 1.61. The summed E-state index contributed by atoms with van der Waals surface area (Å²) in [5, 5.41) is 3.31. The van der Waals surface area contributed by atoms with Crippen molar-refractivity contribution < 1.29 is 14.4 Å². The van der Waals surface area contributed by atoms with E-state index in [4.69, 9.17) is 34.8 Å². The van der Waals surface area contributed by atoms with Gasteiger partial charge in [0.1, 0.15) is 0 Å². The number of nitrogens with one attached hydrogen (secondary N) is 1. The zero-order chi connectivity index (χ0) is 19.6. The number of anilines is 2. The number of rotatable bonds is 5. The van der Waals surface area contributed by atoms with Crippen molar-refractivity contribution in [3.05, 3.63) is 57.5 Å². The summed E-state index contributed by atoms with van der Waals surface area (Å²) in [5.41, 5.74) is 0.935. The fourth-order valence-electron chi connectivity index (χ4n) is 2.58. The van der Waals surface area contributed by atoms with Crippen molar-refractivity contribution in [3.63, 3.8) is 0 Å². The largest absolute Gasteiger partial charge is 0.325 e. The van der Waals surface area contributed by atoms with Gasteiger partial charge in [0.2, 0.25) is 17.7 Å². The van der Waals surface area contributed by atoms with E-state index >= 15 is 0 Å². The maximum absolute atomic E-state index is 12.6. The number of hydrogen-bond acceptors (Lipinski definition) is 4. The Morgan fingerprint density at radius 2 is 1.67 bits per heavy atom. The molecule has 27 heavy (non-hydrogen) atoms. The molecule has 1 atom stereocenters. The van der Waals surface area contributed by atoms with E-state index in [-0.39, 0.29) is 29.9 Å². The number of carbonyl (C=O) groups is 3. The van der Waals surface area contributed by atoms with Crippen LogP contribution in [0.2, 0.25) is 15.1 Å². The van der Waals surface area contributed by atoms with E-state index < -0.39 is 5.25 Å². The fourth-order valence-corrected chi connectivity index (χ4v) is 4.15. The van der Waals surface area contributed by atoms with Crippen LogP contribution in [0.15, 0.2) is 42.5 Å². The molecule has 1 aliphatic heterocycles. The fraction of sp³-hybridized carbons (Fsp3) is 0.167. The molecule has 1 aliphatic rings. The first kappa shape index (κ1) is 20.0. The van der Waals surface area contributed by atoms with Gasteiger partial charge < -0.3 is 5.32 Å². The molecule has 1 saturated heterocycles. The van der Waals surface area contributed by atoms with Crippen LogP contribution in [0.4, 0.5) is 11.4 Å². The van der Waals surface area contributed by atoms with Crippen LogP contribution in [-0.2, 0) is 14.4 Å². The molecule has 3 rings (SSSR count). The molecule has 0 radical (unpaired) electrons. The second-order valence-electron chi connectivity index (χ2n) is 5.75. The molecule has 9 heteroatoms. The molecule has 1 fully saturated rings. The number of hydrogen-bond donors (Lipinski definition) is 1. The third-order valence-electron chi connectivity index (χ3n) is 3.75. The molecule has 0 aromatic heterocycles. The second kappa shape index (κ2) is 8.52. The van der Waals surface area contributed by atoms with Gasteiger partial charge in [-0.25, -0.2) is 4.90 Å². The van der Waals surface area contributed by atoms with Gasteiger partial charge >= 0.3 is 0 Å². The third-order valence-corrected chi connectivity index (χ3v) is 5.64. The standard InChI is InChI=1S/C18H13Cl3N2O3S/c19-10-1-3-13(4-2-10)22-16(24)9-27-15-8-17(25)23(18(15)26)14-6-11(20)5-12(21)7-14/h1-7,15H,8-9H2,(H,22,24)/t15-/m0/s1. The lowest BCUT2D eigenvalue weighted by molar-refractivity contribution is -0.121. The molecule has 5 nitrogen and oxygen atoms in total. The number of benzene rings is 2. The van der Waals surface area contributed by atoms with Crippen LogP contribution >= 0.6 is 46.6 Å². The van der Waals surface area contributed by atoms with Crippen LogP contribution in [0.3, 0.4) is 0 Å². The van der Waals surface area contributed by atoms with Crippen LogP contribution < -0.4 is 10.2 Å². The number of nitrogens with zero attached hydrogens (tertiary/aromatic N) is 1. The predicted octanol–water partition coefficient (Wildman–Crippen LogP) is 4.65. The van der Waals surface area contributed by atoms with E-state index in [1.807, 2.05) is 0 Å². The summed E-state index contributed by atoms with van der Waals surface area (Å²) in [4.78, 5) is 38.0. The lowest BCUT2D eigenvalue weighted by Gasteiger charge is -2.15. The minimum Gasteiger partial charge on any atom is -0.325 e. The van der Waals surface area contributed by atoms with Gasteiger partial charge in [-0.2, -0.15) is 0 Å². The Labute approximate surface area is 174 Å². The summed E-state index contributed by atoms with van der Waals surface area (Å²) in [6, 6.07) is 11.2. The SMILES string of the molecule is O=C(CS[C@H]1CC(=O)N(c2cc(Cl)cc(Cl)c2)C1=O)Nc1ccc(Cl)cc1. The van der Waals surface area contributed by atoms with Crippen molar-refractivity contribution in [2.24, 2.45) is 0 Å². The molecule has 1 N–H and O–H groups in total. The molecule has 1 heterocycles. The Morgan fingerprint density at radius 3 is 2.30 bits per heavy atom. The van der Waals surface area contributed by atoms with Gasteiger partial charge in [-0.1, -0.05) is 34.8 Å². The first-order chi connectivity index (χ1) is 12.8. The van der Waals surface area contributed by atoms with E-state index in [1.54, 1.807) is 24.3 Å². The first-order valence-electron chi connectivity index (χ1n) is 7.83. The van der Waals surface area contributed by atoms with Crippen molar-refractivity contribution in [1.82, 2.24) is 0 Å². The van der Waals surface area contributed by atoms with E-state index in [1.165, 1.54) is 18.2 Å². The quantitative estimate of drug-likeness (QED) is 0.683. The van der Waals surface area contributed by atoms with Gasteiger partial charge in [-0.05, 0) is 42.5 Å². The van der Waals surface area contributed by atoms with Crippen LogP contribution in [-0.4, -0.2) is 28.7 Å². The van der Waals surface area contributed by atoms with E-state index in [0.717, 1.165) is 16.7 Å². The number of thioether (sulfide) groups is 1. The van der Waals surface area contributed by atoms with Crippen LogP contribution in [0.1, 0.15) is 6.42 Å². The molecule has 0 unspecified atom stereocenters. The number of carbonyl (C=O) groups excluding carboxylic acids is 3. The zero-order valence-corrected chi connectivity index (χ0v) is 16.8. The minimum atomic E-state index is -0.633. The predicted molar refractivity (Wildman–Crippen MR) is 110 cm³/mol. The lowest BCUT2D eigenvalue weighted by Crippen LogP contribution is -2.31. The summed E-state index contributed by atoms with van der Waals surface area (Å²) >= 11 is 18.8. The van der Waals surface area contributed by atoms with Crippen molar-refractivity contribution in [2.45, 2.75) is 11.7 Å². The van der Waals surface area contributed by atoms with Gasteiger partial charge in [0.15, 0.2) is 0 Å². The Morgan fingerprint density at radius 1 is 1.04 bits per heavy atom. The van der Waals surface area contributed by atoms with Gasteiger partial charge in [0, 0.05) is 27.2 Å². The van der Waals surface area contributed by atoms with Crippen molar-refractivity contribution in [3.8, 4) is 0 Å². The monoisotopic (exact) mass is 442 g/mol. The summed E-state index contributed by atoms with van der Waals surface area (Å²) in [6.45, 7) is 0. The third kappa shape index (κ3) is 4.96. The topological polar surface area (TPSA) is 66.5 Å². The van der Waals surface area contributed by atoms with E-state index in [9.17, 15) is 14.4 Å². The van der Waals surface area contributed by atoms with Gasteiger partial charge in [0.05, 0.1) is 16.7 Å². The summed E-state index contributed by atoms with van der Waals surface area (Å²) in [7, 11) is 0. The van der Waals surface area contributed by atoms with Crippen LogP contribution in [0.5, 0.6) is 0 Å². The molecule has 0 aliphatic carbocycles. The molecule has 0 saturated carbocycles. The number of halogens is 3. The van der Waals surface area contributed by atoms with Crippen LogP contribution in [0, 0.1) is 0 Å². The molecular weight excluding hydrogens is 431 g/mol. The Hall–Kier alpha value is -1.73. The van der Waals surface area contributed by atoms with E-state index in [0.29, 0.717) is 26.4 Å². The Kier molecular flexibility index (Phi) is 6.32. The average Bonchev–Trinajstić information content (AvgIpc) is 2.88. The highest BCUT2D eigenvalue weighted by Crippen LogP contribution is 2.33. The maximum atomic E-state index is 12.6. The first-order valence-corrected chi connectivity index (χ1v) is 10.0. The molecule has 140 valence electrons. The van der Waals surface area contributed by atoms with E-state index in [2.05, 4.69) is 5.32 Å². The minimum absolute atomic E-state index is 0.0157. The maximum Gasteiger partial charge on any atom is 0.247 e. The summed E-state index contributed by atoms with van der Waals surface area (Å²) < 4.78 is 0. The van der Waals surface area contributed by atoms with Gasteiger partial charge in [0.25, 0.3) is 0 Å². The van der Waals surface area contributed by atoms with Crippen molar-refractivity contribution in [2.75, 3.05) is 16.0 Å². The lowest BCUT2D eigenvalue weighted by atomic mass is 10.3. The highest BCUT2D eigenvalue weighted by atomic mass is 35.5. The molecule has 3 amide bonds. The summed E-state index contributed by atoms with van der Waals surface area (Å²) in [5.74, 6) is -0.973. The molecule has 0 bridgehead atoms. The van der Waals surface area contributed by atoms with Crippen molar-refractivity contribution >= 4 is 75.7 Å². The smallest absolute Gasteiger partial charge is 0.247 e. The van der Waals surface area contributed by atoms with Gasteiger partial charge in [-0.15, -0.1) is 11.8 Å². The zero-order valence-electron chi connectivity index (χ0n) is 13.7. The van der Waals surface area contributed by atoms with Crippen molar-refractivity contribution in [1.29, 1.82) is 0 Å². The molecule has 0 spiro atoms. The Bertz CT molecular complexity index is 885. The highest BCUT2D eigenvalue weighted by Gasteiger charge is 2.40. The second-order valence-corrected chi connectivity index (χ2v) is 8.25. The number of amides is 3. The number of imide groups is 1. The normalized spacial score (nSPS) is 16.7. The molecule has 2 aromatic rings. The summed E-state index contributed by atoms with van der Waals surface area (Å²) in [6.07, 6.45) is 0.0157. The molecule has 2 aromatic carbocycles. The highest BCUT2D eigenvalue weighted by molar-refractivity contribution is 8.01. The average molecular weight is 444 g/mol. The van der Waals surface area contributed by atoms with Gasteiger partial charge in [-0.3, -0.25) is 14.4 Å². The van der Waals surface area contributed by atoms with Crippen LogP contribution in [0.25, 0.3) is 0 Å².